The van der Waals surface area contributed by atoms with Crippen LogP contribution in [0.2, 0.25) is 0 Å². The number of hydrogen-bond donors (Lipinski definition) is 3. The molecule has 28 heavy (non-hydrogen) atoms. The van der Waals surface area contributed by atoms with Crippen LogP contribution in [0, 0.1) is 0 Å². The molecule has 0 aliphatic carbocycles. The number of benzene rings is 1. The zero-order valence-corrected chi connectivity index (χ0v) is 17.9. The van der Waals surface area contributed by atoms with Gasteiger partial charge in [0, 0.05) is 29.6 Å². The quantitative estimate of drug-likeness (QED) is 0.600. The maximum Gasteiger partial charge on any atom is 0.275 e. The van der Waals surface area contributed by atoms with E-state index in [9.17, 15) is 9.59 Å². The third kappa shape index (κ3) is 6.71. The van der Waals surface area contributed by atoms with E-state index in [1.165, 1.54) is 0 Å². The molecule has 0 saturated heterocycles. The summed E-state index contributed by atoms with van der Waals surface area (Å²) in [6, 6.07) is 3.97. The lowest BCUT2D eigenvalue weighted by molar-refractivity contribution is -0.862. The van der Waals surface area contributed by atoms with Crippen LogP contribution in [0.4, 0.5) is 0 Å². The Bertz CT molecular complexity index is 712. The van der Waals surface area contributed by atoms with Gasteiger partial charge >= 0.3 is 0 Å². The van der Waals surface area contributed by atoms with Crippen LogP contribution in [0.5, 0.6) is 11.5 Å². The first-order chi connectivity index (χ1) is 13.1. The Balaban J connectivity index is 1.90. The van der Waals surface area contributed by atoms with Crippen LogP contribution >= 0.6 is 0 Å². The number of carbonyl (C=O) groups excluding carboxylic acids is 2. The third-order valence-electron chi connectivity index (χ3n) is 4.29. The molecular weight excluding hydrogens is 358 g/mol. The van der Waals surface area contributed by atoms with E-state index < -0.39 is 0 Å². The molecule has 1 aromatic rings. The Morgan fingerprint density at radius 2 is 1.93 bits per heavy atom. The summed E-state index contributed by atoms with van der Waals surface area (Å²) in [5.41, 5.74) is 1.76. The minimum Gasteiger partial charge on any atom is -0.494 e. The molecule has 0 radical (unpaired) electrons. The summed E-state index contributed by atoms with van der Waals surface area (Å²) >= 11 is 0. The molecule has 0 aromatic heterocycles. The van der Waals surface area contributed by atoms with Crippen molar-refractivity contribution in [1.82, 2.24) is 10.6 Å². The highest BCUT2D eigenvalue weighted by Crippen LogP contribution is 2.35. The lowest BCUT2D eigenvalue weighted by Gasteiger charge is -2.21. The monoisotopic (exact) mass is 392 g/mol. The standard InChI is InChI=1S/C21H33N3O4/c1-7-27-17-9-15-8-14(2)28-18(15)10-16(17)11-22-19(25)12-24(6)13-20(26)23-21(3,4)5/h9-10,14H,7-8,11-13H2,1-6H3,(H,22,25)(H,23,26)/p+1/t14-/m0/s1. The van der Waals surface area contributed by atoms with Crippen molar-refractivity contribution in [2.24, 2.45) is 0 Å². The maximum atomic E-state index is 12.3. The highest BCUT2D eigenvalue weighted by Gasteiger charge is 2.23. The second-order valence-electron chi connectivity index (χ2n) is 8.52. The number of fused-ring (bicyclic) bond motifs is 1. The van der Waals surface area contributed by atoms with Gasteiger partial charge in [-0.05, 0) is 46.8 Å². The van der Waals surface area contributed by atoms with E-state index in [0.717, 1.165) is 33.9 Å². The van der Waals surface area contributed by atoms with Crippen molar-refractivity contribution in [1.29, 1.82) is 0 Å². The highest BCUT2D eigenvalue weighted by atomic mass is 16.5. The topological polar surface area (TPSA) is 81.1 Å². The molecule has 1 unspecified atom stereocenters. The molecule has 1 aliphatic heterocycles. The molecule has 7 heteroatoms. The molecule has 1 aromatic carbocycles. The lowest BCUT2D eigenvalue weighted by Crippen LogP contribution is -3.11. The number of rotatable bonds is 8. The maximum absolute atomic E-state index is 12.3. The van der Waals surface area contributed by atoms with E-state index in [1.807, 2.05) is 53.8 Å². The number of amides is 2. The van der Waals surface area contributed by atoms with E-state index >= 15 is 0 Å². The van der Waals surface area contributed by atoms with Crippen LogP contribution in [0.3, 0.4) is 0 Å². The van der Waals surface area contributed by atoms with Gasteiger partial charge in [-0.3, -0.25) is 9.59 Å². The molecule has 7 nitrogen and oxygen atoms in total. The summed E-state index contributed by atoms with van der Waals surface area (Å²) < 4.78 is 11.6. The number of hydrogen-bond acceptors (Lipinski definition) is 4. The second kappa shape index (κ2) is 9.28. The van der Waals surface area contributed by atoms with Gasteiger partial charge in [0.25, 0.3) is 11.8 Å². The summed E-state index contributed by atoms with van der Waals surface area (Å²) in [5.74, 6) is 1.46. The molecule has 0 fully saturated rings. The Morgan fingerprint density at radius 3 is 2.57 bits per heavy atom. The minimum atomic E-state index is -0.275. The highest BCUT2D eigenvalue weighted by molar-refractivity contribution is 5.79. The van der Waals surface area contributed by atoms with Crippen molar-refractivity contribution < 1.29 is 24.0 Å². The van der Waals surface area contributed by atoms with E-state index in [1.54, 1.807) is 0 Å². The van der Waals surface area contributed by atoms with Crippen molar-refractivity contribution in [2.45, 2.75) is 59.2 Å². The summed E-state index contributed by atoms with van der Waals surface area (Å²) in [5, 5.41) is 5.83. The lowest BCUT2D eigenvalue weighted by atomic mass is 10.1. The predicted octanol–water partition coefficient (Wildman–Crippen LogP) is 0.454. The van der Waals surface area contributed by atoms with Gasteiger partial charge in [-0.25, -0.2) is 0 Å². The van der Waals surface area contributed by atoms with Crippen LogP contribution in [-0.2, 0) is 22.6 Å². The first kappa shape index (κ1) is 22.0. The van der Waals surface area contributed by atoms with Gasteiger partial charge in [-0.2, -0.15) is 0 Å². The van der Waals surface area contributed by atoms with Crippen molar-refractivity contribution in [3.63, 3.8) is 0 Å². The number of ether oxygens (including phenoxy) is 2. The van der Waals surface area contributed by atoms with Crippen LogP contribution in [0.15, 0.2) is 12.1 Å². The van der Waals surface area contributed by atoms with Gasteiger partial charge in [-0.15, -0.1) is 0 Å². The summed E-state index contributed by atoms with van der Waals surface area (Å²) in [6.07, 6.45) is 1.03. The Hall–Kier alpha value is -2.28. The van der Waals surface area contributed by atoms with Gasteiger partial charge in [0.15, 0.2) is 13.1 Å². The fraction of sp³-hybridized carbons (Fsp3) is 0.619. The molecule has 2 atom stereocenters. The first-order valence-corrected chi connectivity index (χ1v) is 9.91. The first-order valence-electron chi connectivity index (χ1n) is 9.91. The molecule has 1 heterocycles. The number of nitrogens with one attached hydrogen (secondary N) is 3. The second-order valence-corrected chi connectivity index (χ2v) is 8.52. The molecule has 1 aliphatic rings. The van der Waals surface area contributed by atoms with Gasteiger partial charge in [0.05, 0.1) is 13.7 Å². The smallest absolute Gasteiger partial charge is 0.275 e. The SMILES string of the molecule is CCOc1cc2c(cc1CNC(=O)C[NH+](C)CC(=O)NC(C)(C)C)O[C@@H](C)C2. The van der Waals surface area contributed by atoms with Crippen LogP contribution in [0.25, 0.3) is 0 Å². The van der Waals surface area contributed by atoms with Crippen LogP contribution < -0.4 is 25.0 Å². The average molecular weight is 393 g/mol. The average Bonchev–Trinajstić information content (AvgIpc) is 2.89. The number of carbonyl (C=O) groups is 2. The van der Waals surface area contributed by atoms with Crippen LogP contribution in [0.1, 0.15) is 45.7 Å². The Labute approximate surface area is 167 Å². The Kier molecular flexibility index (Phi) is 7.29. The van der Waals surface area contributed by atoms with E-state index in [4.69, 9.17) is 9.47 Å². The molecule has 2 rings (SSSR count). The molecule has 0 spiro atoms. The number of quaternary nitrogens is 1. The molecule has 0 bridgehead atoms. The molecule has 3 N–H and O–H groups in total. The fourth-order valence-corrected chi connectivity index (χ4v) is 3.24. The summed E-state index contributed by atoms with van der Waals surface area (Å²) in [7, 11) is 1.83. The van der Waals surface area contributed by atoms with Gasteiger partial charge in [-0.1, -0.05) is 0 Å². The molecular formula is C21H34N3O4+. The van der Waals surface area contributed by atoms with E-state index in [2.05, 4.69) is 10.6 Å². The normalized spacial score (nSPS) is 16.7. The predicted molar refractivity (Wildman–Crippen MR) is 108 cm³/mol. The van der Waals surface area contributed by atoms with E-state index in [0.29, 0.717) is 13.2 Å². The van der Waals surface area contributed by atoms with Gasteiger partial charge < -0.3 is 25.0 Å². The van der Waals surface area contributed by atoms with Crippen molar-refractivity contribution >= 4 is 11.8 Å². The van der Waals surface area contributed by atoms with Crippen molar-refractivity contribution in [2.75, 3.05) is 26.7 Å². The van der Waals surface area contributed by atoms with Gasteiger partial charge in [0.1, 0.15) is 17.6 Å². The largest absolute Gasteiger partial charge is 0.494 e. The van der Waals surface area contributed by atoms with Crippen molar-refractivity contribution in [3.8, 4) is 11.5 Å². The minimum absolute atomic E-state index is 0.0682. The molecule has 0 saturated carbocycles. The van der Waals surface area contributed by atoms with E-state index in [-0.39, 0.29) is 36.5 Å². The zero-order valence-electron chi connectivity index (χ0n) is 17.9. The number of likely N-dealkylation sites (N-methyl/N-ethyl adjacent to an activating group) is 1. The summed E-state index contributed by atoms with van der Waals surface area (Å²) in [6.45, 7) is 11.2. The third-order valence-corrected chi connectivity index (χ3v) is 4.29. The molecule has 2 amide bonds. The Morgan fingerprint density at radius 1 is 1.25 bits per heavy atom. The molecule has 156 valence electrons. The fourth-order valence-electron chi connectivity index (χ4n) is 3.24. The van der Waals surface area contributed by atoms with Gasteiger partial charge in [0.2, 0.25) is 0 Å². The summed E-state index contributed by atoms with van der Waals surface area (Å²) in [4.78, 5) is 25.1. The van der Waals surface area contributed by atoms with Crippen molar-refractivity contribution in [3.05, 3.63) is 23.3 Å². The zero-order chi connectivity index (χ0) is 20.9. The van der Waals surface area contributed by atoms with Crippen LogP contribution in [-0.4, -0.2) is 50.2 Å².